The van der Waals surface area contributed by atoms with E-state index in [9.17, 15) is 9.90 Å². The first-order chi connectivity index (χ1) is 8.00. The second-order valence-electron chi connectivity index (χ2n) is 4.00. The Morgan fingerprint density at radius 2 is 2.06 bits per heavy atom. The third kappa shape index (κ3) is 3.71. The molecule has 0 fully saturated rings. The minimum absolute atomic E-state index is 0.00784. The monoisotopic (exact) mass is 238 g/mol. The van der Waals surface area contributed by atoms with Crippen molar-refractivity contribution in [3.63, 3.8) is 0 Å². The molecule has 0 atom stereocenters. The number of anilines is 1. The highest BCUT2D eigenvalue weighted by atomic mass is 16.4. The van der Waals surface area contributed by atoms with Crippen molar-refractivity contribution in [1.82, 2.24) is 4.98 Å². The standard InChI is InChI=1S/C12H18N2O3/c1-3-12(17,4-2)8-13-10-7-5-6-9(14-10)11(15)16/h5-7,17H,3-4,8H2,1-2H3,(H,13,14)(H,15,16). The predicted molar refractivity (Wildman–Crippen MR) is 65.2 cm³/mol. The summed E-state index contributed by atoms with van der Waals surface area (Å²) in [5, 5.41) is 21.8. The van der Waals surface area contributed by atoms with Gasteiger partial charge in [0, 0.05) is 6.54 Å². The van der Waals surface area contributed by atoms with Crippen LogP contribution in [-0.4, -0.2) is 33.3 Å². The van der Waals surface area contributed by atoms with E-state index in [-0.39, 0.29) is 5.69 Å². The lowest BCUT2D eigenvalue weighted by atomic mass is 9.98. The first-order valence-corrected chi connectivity index (χ1v) is 5.67. The average molecular weight is 238 g/mol. The van der Waals surface area contributed by atoms with Gasteiger partial charge in [0.25, 0.3) is 0 Å². The Kier molecular flexibility index (Phi) is 4.45. The van der Waals surface area contributed by atoms with Gasteiger partial charge in [-0.3, -0.25) is 0 Å². The number of pyridine rings is 1. The number of hydrogen-bond donors (Lipinski definition) is 3. The summed E-state index contributed by atoms with van der Waals surface area (Å²) in [5.41, 5.74) is -0.785. The van der Waals surface area contributed by atoms with Crippen molar-refractivity contribution >= 4 is 11.8 Å². The van der Waals surface area contributed by atoms with Gasteiger partial charge in [0.1, 0.15) is 5.82 Å². The van der Waals surface area contributed by atoms with Crippen LogP contribution in [0.4, 0.5) is 5.82 Å². The Morgan fingerprint density at radius 1 is 1.41 bits per heavy atom. The zero-order valence-corrected chi connectivity index (χ0v) is 10.1. The van der Waals surface area contributed by atoms with E-state index < -0.39 is 11.6 Å². The van der Waals surface area contributed by atoms with Crippen molar-refractivity contribution in [2.45, 2.75) is 32.3 Å². The molecule has 94 valence electrons. The molecule has 0 aromatic carbocycles. The number of carboxylic acid groups (broad SMARTS) is 1. The second kappa shape index (κ2) is 5.63. The fraction of sp³-hybridized carbons (Fsp3) is 0.500. The maximum Gasteiger partial charge on any atom is 0.354 e. The molecule has 0 aliphatic carbocycles. The molecule has 0 saturated heterocycles. The molecule has 0 saturated carbocycles. The molecular formula is C12H18N2O3. The summed E-state index contributed by atoms with van der Waals surface area (Å²) in [6.07, 6.45) is 1.27. The maximum absolute atomic E-state index is 10.7. The quantitative estimate of drug-likeness (QED) is 0.703. The van der Waals surface area contributed by atoms with Gasteiger partial charge < -0.3 is 15.5 Å². The summed E-state index contributed by atoms with van der Waals surface area (Å²) >= 11 is 0. The van der Waals surface area contributed by atoms with Crippen LogP contribution in [0.25, 0.3) is 0 Å². The van der Waals surface area contributed by atoms with E-state index in [1.165, 1.54) is 6.07 Å². The number of hydrogen-bond acceptors (Lipinski definition) is 4. The molecule has 3 N–H and O–H groups in total. The number of carboxylic acids is 1. The molecule has 0 radical (unpaired) electrons. The number of nitrogens with one attached hydrogen (secondary N) is 1. The largest absolute Gasteiger partial charge is 0.477 e. The minimum atomic E-state index is -1.06. The highest BCUT2D eigenvalue weighted by Gasteiger charge is 2.21. The van der Waals surface area contributed by atoms with E-state index in [4.69, 9.17) is 5.11 Å². The lowest BCUT2D eigenvalue weighted by Crippen LogP contribution is -2.35. The number of carbonyl (C=O) groups is 1. The first kappa shape index (κ1) is 13.4. The molecule has 1 aromatic heterocycles. The van der Waals surface area contributed by atoms with E-state index in [1.54, 1.807) is 12.1 Å². The van der Waals surface area contributed by atoms with E-state index in [0.29, 0.717) is 25.2 Å². The summed E-state index contributed by atoms with van der Waals surface area (Å²) in [7, 11) is 0. The van der Waals surface area contributed by atoms with Crippen LogP contribution in [0.5, 0.6) is 0 Å². The third-order valence-electron chi connectivity index (χ3n) is 2.88. The van der Waals surface area contributed by atoms with Gasteiger partial charge in [-0.25, -0.2) is 9.78 Å². The third-order valence-corrected chi connectivity index (χ3v) is 2.88. The number of nitrogens with zero attached hydrogens (tertiary/aromatic N) is 1. The van der Waals surface area contributed by atoms with Gasteiger partial charge in [0.2, 0.25) is 0 Å². The molecule has 5 nitrogen and oxygen atoms in total. The van der Waals surface area contributed by atoms with Gasteiger partial charge >= 0.3 is 5.97 Å². The minimum Gasteiger partial charge on any atom is -0.477 e. The van der Waals surface area contributed by atoms with Gasteiger partial charge in [-0.1, -0.05) is 19.9 Å². The smallest absolute Gasteiger partial charge is 0.354 e. The van der Waals surface area contributed by atoms with Gasteiger partial charge in [0.05, 0.1) is 5.60 Å². The number of rotatable bonds is 6. The highest BCUT2D eigenvalue weighted by Crippen LogP contribution is 2.15. The average Bonchev–Trinajstić information content (AvgIpc) is 2.36. The van der Waals surface area contributed by atoms with Crippen molar-refractivity contribution in [3.05, 3.63) is 23.9 Å². The Labute approximate surface area is 101 Å². The fourth-order valence-electron chi connectivity index (χ4n) is 1.41. The molecule has 1 aromatic rings. The van der Waals surface area contributed by atoms with Crippen LogP contribution >= 0.6 is 0 Å². The van der Waals surface area contributed by atoms with Crippen molar-refractivity contribution in [2.75, 3.05) is 11.9 Å². The van der Waals surface area contributed by atoms with Crippen LogP contribution in [0, 0.1) is 0 Å². The lowest BCUT2D eigenvalue weighted by molar-refractivity contribution is 0.0456. The van der Waals surface area contributed by atoms with E-state index >= 15 is 0 Å². The molecule has 0 aliphatic heterocycles. The molecule has 5 heteroatoms. The predicted octanol–water partition coefficient (Wildman–Crippen LogP) is 1.74. The summed E-state index contributed by atoms with van der Waals surface area (Å²) in [6.45, 7) is 4.18. The summed E-state index contributed by atoms with van der Waals surface area (Å²) in [4.78, 5) is 14.6. The van der Waals surface area contributed by atoms with Gasteiger partial charge in [-0.05, 0) is 25.0 Å². The molecule has 17 heavy (non-hydrogen) atoms. The Hall–Kier alpha value is -1.62. The summed E-state index contributed by atoms with van der Waals surface area (Å²) < 4.78 is 0. The fourth-order valence-corrected chi connectivity index (χ4v) is 1.41. The second-order valence-corrected chi connectivity index (χ2v) is 4.00. The Morgan fingerprint density at radius 3 is 2.59 bits per heavy atom. The zero-order chi connectivity index (χ0) is 12.9. The molecule has 0 amide bonds. The van der Waals surface area contributed by atoms with Crippen molar-refractivity contribution in [1.29, 1.82) is 0 Å². The van der Waals surface area contributed by atoms with Crippen LogP contribution in [0.15, 0.2) is 18.2 Å². The van der Waals surface area contributed by atoms with Crippen molar-refractivity contribution < 1.29 is 15.0 Å². The van der Waals surface area contributed by atoms with E-state index in [2.05, 4.69) is 10.3 Å². The molecule has 0 aliphatic rings. The van der Waals surface area contributed by atoms with Gasteiger partial charge in [-0.15, -0.1) is 0 Å². The van der Waals surface area contributed by atoms with Crippen molar-refractivity contribution in [2.24, 2.45) is 0 Å². The normalized spacial score (nSPS) is 11.2. The number of aliphatic hydroxyl groups is 1. The number of aromatic carboxylic acids is 1. The highest BCUT2D eigenvalue weighted by molar-refractivity contribution is 5.85. The number of aromatic nitrogens is 1. The SMILES string of the molecule is CCC(O)(CC)CNc1cccc(C(=O)O)n1. The molecule has 0 unspecified atom stereocenters. The lowest BCUT2D eigenvalue weighted by Gasteiger charge is -2.25. The van der Waals surface area contributed by atoms with Gasteiger partial charge in [0.15, 0.2) is 5.69 Å². The van der Waals surface area contributed by atoms with Crippen LogP contribution in [0.3, 0.4) is 0 Å². The molecule has 0 spiro atoms. The van der Waals surface area contributed by atoms with Crippen LogP contribution in [0.2, 0.25) is 0 Å². The molecule has 1 rings (SSSR count). The Bertz CT molecular complexity index is 389. The van der Waals surface area contributed by atoms with Crippen molar-refractivity contribution in [3.8, 4) is 0 Å². The zero-order valence-electron chi connectivity index (χ0n) is 10.1. The van der Waals surface area contributed by atoms with Crippen LogP contribution in [0.1, 0.15) is 37.2 Å². The molecule has 0 bridgehead atoms. The Balaban J connectivity index is 2.69. The van der Waals surface area contributed by atoms with Crippen LogP contribution in [-0.2, 0) is 0 Å². The summed E-state index contributed by atoms with van der Waals surface area (Å²) in [6, 6.07) is 4.73. The first-order valence-electron chi connectivity index (χ1n) is 5.67. The molecular weight excluding hydrogens is 220 g/mol. The maximum atomic E-state index is 10.7. The van der Waals surface area contributed by atoms with Crippen LogP contribution < -0.4 is 5.32 Å². The van der Waals surface area contributed by atoms with E-state index in [1.807, 2.05) is 13.8 Å². The molecule has 1 heterocycles. The topological polar surface area (TPSA) is 82.5 Å². The van der Waals surface area contributed by atoms with Gasteiger partial charge in [-0.2, -0.15) is 0 Å². The van der Waals surface area contributed by atoms with E-state index in [0.717, 1.165) is 0 Å². The summed E-state index contributed by atoms with van der Waals surface area (Å²) in [5.74, 6) is -0.597.